The lowest BCUT2D eigenvalue weighted by molar-refractivity contribution is -0.140. The predicted molar refractivity (Wildman–Crippen MR) is 57.9 cm³/mol. The van der Waals surface area contributed by atoms with Gasteiger partial charge in [-0.2, -0.15) is 0 Å². The molecule has 0 spiro atoms. The Balaban J connectivity index is 0.000000280. The summed E-state index contributed by atoms with van der Waals surface area (Å²) in [6.07, 6.45) is 3.69. The number of esters is 1. The number of carbonyl (C=O) groups excluding carboxylic acids is 1. The molecule has 1 rings (SSSR count). The van der Waals surface area contributed by atoms with Crippen LogP contribution in [-0.4, -0.2) is 37.9 Å². The fourth-order valence-electron chi connectivity index (χ4n) is 0.692. The van der Waals surface area contributed by atoms with Gasteiger partial charge < -0.3 is 10.1 Å². The van der Waals surface area contributed by atoms with Gasteiger partial charge in [-0.1, -0.05) is 13.3 Å². The lowest BCUT2D eigenvalue weighted by Gasteiger charge is -1.98. The molecular formula is C9H17ClN2O2. The minimum absolute atomic E-state index is 0.0380. The molecule has 0 aromatic carbocycles. The number of nitrogens with zero attached hydrogens (tertiary/aromatic N) is 1. The number of hydrogen-bond acceptors (Lipinski definition) is 4. The van der Waals surface area contributed by atoms with Gasteiger partial charge in [0.1, 0.15) is 5.88 Å². The number of alkyl halides is 1. The second kappa shape index (κ2) is 10.3. The number of nitrogens with one attached hydrogen (secondary N) is 1. The molecule has 1 heterocycles. The first-order valence-electron chi connectivity index (χ1n) is 4.74. The highest BCUT2D eigenvalue weighted by Gasteiger charge is 1.96. The summed E-state index contributed by atoms with van der Waals surface area (Å²) >= 11 is 5.16. The van der Waals surface area contributed by atoms with E-state index in [1.54, 1.807) is 6.34 Å². The number of hydrogen-bond donors (Lipinski definition) is 1. The molecule has 0 saturated carbocycles. The van der Waals surface area contributed by atoms with E-state index in [-0.39, 0.29) is 11.8 Å². The lowest BCUT2D eigenvalue weighted by Crippen LogP contribution is -2.06. The highest BCUT2D eigenvalue weighted by atomic mass is 35.5. The van der Waals surface area contributed by atoms with E-state index < -0.39 is 0 Å². The first kappa shape index (κ1) is 13.2. The van der Waals surface area contributed by atoms with Gasteiger partial charge in [-0.05, 0) is 6.42 Å². The second-order valence-electron chi connectivity index (χ2n) is 2.70. The highest BCUT2D eigenvalue weighted by Crippen LogP contribution is 1.89. The standard InChI is InChI=1S/C6H11ClO2.C3H6N2/c1-2-3-4-9-6(8)5-7;1-2-5-3-4-1/h2-5H2,1H3;3H,1-2H2,(H,4,5). The molecule has 0 radical (unpaired) electrons. The van der Waals surface area contributed by atoms with Crippen molar-refractivity contribution in [3.8, 4) is 0 Å². The Morgan fingerprint density at radius 2 is 2.50 bits per heavy atom. The molecule has 0 aromatic heterocycles. The maximum atomic E-state index is 10.3. The van der Waals surface area contributed by atoms with E-state index in [0.717, 1.165) is 25.9 Å². The van der Waals surface area contributed by atoms with Crippen LogP contribution in [0.4, 0.5) is 0 Å². The maximum absolute atomic E-state index is 10.3. The van der Waals surface area contributed by atoms with E-state index in [1.165, 1.54) is 0 Å². The Morgan fingerprint density at radius 3 is 2.86 bits per heavy atom. The predicted octanol–water partition coefficient (Wildman–Crippen LogP) is 1.19. The van der Waals surface area contributed by atoms with E-state index >= 15 is 0 Å². The molecule has 14 heavy (non-hydrogen) atoms. The summed E-state index contributed by atoms with van der Waals surface area (Å²) in [5.41, 5.74) is 0. The van der Waals surface area contributed by atoms with Crippen molar-refractivity contribution >= 4 is 23.9 Å². The lowest BCUT2D eigenvalue weighted by atomic mass is 10.4. The van der Waals surface area contributed by atoms with Crippen molar-refractivity contribution in [3.63, 3.8) is 0 Å². The Hall–Kier alpha value is -0.770. The topological polar surface area (TPSA) is 50.7 Å². The fourth-order valence-corrected chi connectivity index (χ4v) is 0.769. The Morgan fingerprint density at radius 1 is 1.71 bits per heavy atom. The number of rotatable bonds is 4. The van der Waals surface area contributed by atoms with Gasteiger partial charge in [0, 0.05) is 6.54 Å². The number of halogens is 1. The van der Waals surface area contributed by atoms with Crippen molar-refractivity contribution in [3.05, 3.63) is 0 Å². The van der Waals surface area contributed by atoms with E-state index in [9.17, 15) is 4.79 Å². The van der Waals surface area contributed by atoms with Crippen LogP contribution in [0.25, 0.3) is 0 Å². The van der Waals surface area contributed by atoms with Crippen LogP contribution in [0.15, 0.2) is 4.99 Å². The molecule has 0 unspecified atom stereocenters. The number of aliphatic imine (C=N–C) groups is 1. The van der Waals surface area contributed by atoms with Crippen LogP contribution in [-0.2, 0) is 9.53 Å². The molecule has 0 fully saturated rings. The summed E-state index contributed by atoms with van der Waals surface area (Å²) in [6, 6.07) is 0. The van der Waals surface area contributed by atoms with Crippen molar-refractivity contribution in [2.75, 3.05) is 25.6 Å². The molecular weight excluding hydrogens is 204 g/mol. The third kappa shape index (κ3) is 9.32. The Labute approximate surface area is 89.7 Å². The van der Waals surface area contributed by atoms with Gasteiger partial charge >= 0.3 is 5.97 Å². The Kier molecular flexibility index (Phi) is 9.74. The molecule has 0 aromatic rings. The van der Waals surface area contributed by atoms with E-state index in [4.69, 9.17) is 11.6 Å². The average molecular weight is 221 g/mol. The minimum Gasteiger partial charge on any atom is -0.465 e. The van der Waals surface area contributed by atoms with E-state index in [1.807, 2.05) is 6.92 Å². The molecule has 0 amide bonds. The second-order valence-corrected chi connectivity index (χ2v) is 2.96. The molecule has 4 nitrogen and oxygen atoms in total. The summed E-state index contributed by atoms with van der Waals surface area (Å²) in [4.78, 5) is 14.2. The van der Waals surface area contributed by atoms with Crippen molar-refractivity contribution < 1.29 is 9.53 Å². The molecule has 1 aliphatic heterocycles. The molecule has 0 aliphatic carbocycles. The van der Waals surface area contributed by atoms with Crippen molar-refractivity contribution in [1.29, 1.82) is 0 Å². The van der Waals surface area contributed by atoms with Crippen molar-refractivity contribution in [2.24, 2.45) is 4.99 Å². The zero-order valence-electron chi connectivity index (χ0n) is 8.46. The summed E-state index contributed by atoms with van der Waals surface area (Å²) in [5, 5.41) is 2.93. The van der Waals surface area contributed by atoms with Crippen LogP contribution in [0.1, 0.15) is 19.8 Å². The first-order valence-corrected chi connectivity index (χ1v) is 5.28. The van der Waals surface area contributed by atoms with Crippen LogP contribution < -0.4 is 5.32 Å². The van der Waals surface area contributed by atoms with Crippen molar-refractivity contribution in [1.82, 2.24) is 5.32 Å². The van der Waals surface area contributed by atoms with Gasteiger partial charge in [0.05, 0.1) is 19.5 Å². The van der Waals surface area contributed by atoms with Crippen molar-refractivity contribution in [2.45, 2.75) is 19.8 Å². The summed E-state index contributed by atoms with van der Waals surface area (Å²) in [6.45, 7) is 4.52. The van der Waals surface area contributed by atoms with Gasteiger partial charge in [-0.3, -0.25) is 9.79 Å². The average Bonchev–Trinajstić information content (AvgIpc) is 2.76. The zero-order chi connectivity index (χ0) is 10.6. The van der Waals surface area contributed by atoms with Crippen LogP contribution in [0.2, 0.25) is 0 Å². The molecule has 1 aliphatic rings. The third-order valence-corrected chi connectivity index (χ3v) is 1.66. The molecule has 5 heteroatoms. The molecule has 82 valence electrons. The number of carbonyl (C=O) groups is 1. The van der Waals surface area contributed by atoms with Gasteiger partial charge in [-0.25, -0.2) is 0 Å². The van der Waals surface area contributed by atoms with Gasteiger partial charge in [0.25, 0.3) is 0 Å². The summed E-state index contributed by atoms with van der Waals surface area (Å²) in [7, 11) is 0. The highest BCUT2D eigenvalue weighted by molar-refractivity contribution is 6.26. The smallest absolute Gasteiger partial charge is 0.320 e. The van der Waals surface area contributed by atoms with Gasteiger partial charge in [0.15, 0.2) is 0 Å². The Bertz CT molecular complexity index is 168. The molecule has 0 atom stereocenters. The molecule has 0 bridgehead atoms. The van der Waals surface area contributed by atoms with Crippen LogP contribution >= 0.6 is 11.6 Å². The van der Waals surface area contributed by atoms with E-state index in [0.29, 0.717) is 6.61 Å². The van der Waals surface area contributed by atoms with Gasteiger partial charge in [-0.15, -0.1) is 11.6 Å². The number of ether oxygens (including phenoxy) is 1. The summed E-state index contributed by atoms with van der Waals surface area (Å²) in [5.74, 6) is -0.367. The third-order valence-electron chi connectivity index (χ3n) is 1.44. The normalized spacial score (nSPS) is 12.7. The maximum Gasteiger partial charge on any atom is 0.320 e. The quantitative estimate of drug-likeness (QED) is 0.440. The monoisotopic (exact) mass is 220 g/mol. The van der Waals surface area contributed by atoms with Crippen LogP contribution in [0.3, 0.4) is 0 Å². The molecule has 0 saturated heterocycles. The van der Waals surface area contributed by atoms with E-state index in [2.05, 4.69) is 15.0 Å². The molecule has 1 N–H and O–H groups in total. The zero-order valence-corrected chi connectivity index (χ0v) is 9.22. The first-order chi connectivity index (χ1) is 6.81. The van der Waals surface area contributed by atoms with Gasteiger partial charge in [0.2, 0.25) is 0 Å². The minimum atomic E-state index is -0.329. The number of unbranched alkanes of at least 4 members (excludes halogenated alkanes) is 1. The van der Waals surface area contributed by atoms with Crippen LogP contribution in [0.5, 0.6) is 0 Å². The largest absolute Gasteiger partial charge is 0.465 e. The summed E-state index contributed by atoms with van der Waals surface area (Å²) < 4.78 is 4.66. The fraction of sp³-hybridized carbons (Fsp3) is 0.778. The SMILES string of the molecule is C1=NCCN1.CCCCOC(=O)CCl. The van der Waals surface area contributed by atoms with Crippen LogP contribution in [0, 0.1) is 0 Å².